The Labute approximate surface area is 237 Å². The zero-order valence-corrected chi connectivity index (χ0v) is 23.6. The number of piperidine rings is 1. The molecule has 0 unspecified atom stereocenters. The lowest BCUT2D eigenvalue weighted by Gasteiger charge is -2.33. The molecule has 0 saturated carbocycles. The van der Waals surface area contributed by atoms with Crippen LogP contribution < -0.4 is 10.3 Å². The number of ether oxygens (including phenoxy) is 2. The number of likely N-dealkylation sites (tertiary alicyclic amines) is 1. The van der Waals surface area contributed by atoms with Gasteiger partial charge in [0.05, 0.1) is 35.2 Å². The summed E-state index contributed by atoms with van der Waals surface area (Å²) in [5.74, 6) is 1.29. The van der Waals surface area contributed by atoms with E-state index in [-0.39, 0.29) is 17.7 Å². The van der Waals surface area contributed by atoms with Crippen LogP contribution in [0, 0.1) is 6.92 Å². The van der Waals surface area contributed by atoms with Crippen molar-refractivity contribution in [1.29, 1.82) is 0 Å². The van der Waals surface area contributed by atoms with E-state index in [4.69, 9.17) is 14.6 Å². The van der Waals surface area contributed by atoms with Gasteiger partial charge in [-0.15, -0.1) is 0 Å². The van der Waals surface area contributed by atoms with Gasteiger partial charge in [0.25, 0.3) is 5.56 Å². The van der Waals surface area contributed by atoms with Gasteiger partial charge in [-0.1, -0.05) is 24.3 Å². The molecule has 0 bridgehead atoms. The van der Waals surface area contributed by atoms with Crippen LogP contribution in [0.25, 0.3) is 27.7 Å². The van der Waals surface area contributed by atoms with Crippen molar-refractivity contribution >= 4 is 22.5 Å². The van der Waals surface area contributed by atoms with E-state index < -0.39 is 5.60 Å². The lowest BCUT2D eigenvalue weighted by Crippen LogP contribution is -2.43. The summed E-state index contributed by atoms with van der Waals surface area (Å²) in [5.41, 5.74) is 2.27. The van der Waals surface area contributed by atoms with Crippen LogP contribution in [0.4, 0.5) is 4.79 Å². The quantitative estimate of drug-likeness (QED) is 0.278. The molecule has 2 aromatic carbocycles. The van der Waals surface area contributed by atoms with Crippen LogP contribution in [-0.2, 0) is 4.74 Å². The maximum absolute atomic E-state index is 13.5. The second-order valence-electron chi connectivity index (χ2n) is 11.4. The SMILES string of the molecule is Cc1cn2nc(-c3ccc4c(=O)n(C5CCN(C(=O)OC(C)(C)C)CC5)ncc4c3)cc(Oc3ccccc3)c2n1. The molecule has 1 amide bonds. The molecule has 1 aliphatic heterocycles. The molecule has 5 aromatic rings. The standard InChI is InChI=1S/C31H32N6O4/c1-20-19-36-28(33-20)27(40-24-8-6-5-7-9-24)17-26(34-36)21-10-11-25-22(16-21)18-32-37(29(25)38)23-12-14-35(15-13-23)30(39)41-31(2,3)4/h5-11,16-19,23H,12-15H2,1-4H3. The topological polar surface area (TPSA) is 104 Å². The molecule has 0 N–H and O–H groups in total. The number of hydrogen-bond acceptors (Lipinski definition) is 7. The number of carbonyl (C=O) groups is 1. The van der Waals surface area contributed by atoms with E-state index in [2.05, 4.69) is 10.1 Å². The van der Waals surface area contributed by atoms with Gasteiger partial charge in [0.15, 0.2) is 11.4 Å². The molecular formula is C31H32N6O4. The highest BCUT2D eigenvalue weighted by Gasteiger charge is 2.28. The van der Waals surface area contributed by atoms with Crippen molar-refractivity contribution in [2.24, 2.45) is 0 Å². The molecule has 0 spiro atoms. The molecule has 10 nitrogen and oxygen atoms in total. The number of hydrogen-bond donors (Lipinski definition) is 0. The summed E-state index contributed by atoms with van der Waals surface area (Å²) in [6.07, 6.45) is 4.52. The van der Waals surface area contributed by atoms with Crippen LogP contribution >= 0.6 is 0 Å². The Morgan fingerprint density at radius 3 is 2.51 bits per heavy atom. The third kappa shape index (κ3) is 5.50. The van der Waals surface area contributed by atoms with E-state index >= 15 is 0 Å². The number of aryl methyl sites for hydroxylation is 1. The number of benzene rings is 2. The smallest absolute Gasteiger partial charge is 0.410 e. The molecule has 1 saturated heterocycles. The molecular weight excluding hydrogens is 520 g/mol. The molecule has 3 aromatic heterocycles. The molecule has 41 heavy (non-hydrogen) atoms. The fourth-order valence-electron chi connectivity index (χ4n) is 5.10. The number of rotatable bonds is 4. The summed E-state index contributed by atoms with van der Waals surface area (Å²) in [6.45, 7) is 8.50. The van der Waals surface area contributed by atoms with Crippen molar-refractivity contribution in [1.82, 2.24) is 29.3 Å². The van der Waals surface area contributed by atoms with Crippen LogP contribution in [0.1, 0.15) is 45.3 Å². The van der Waals surface area contributed by atoms with Gasteiger partial charge in [-0.25, -0.2) is 19.0 Å². The van der Waals surface area contributed by atoms with Crippen molar-refractivity contribution < 1.29 is 14.3 Å². The number of carbonyl (C=O) groups excluding carboxylic acids is 1. The highest BCUT2D eigenvalue weighted by molar-refractivity contribution is 5.85. The largest absolute Gasteiger partial charge is 0.453 e. The highest BCUT2D eigenvalue weighted by Crippen LogP contribution is 2.31. The van der Waals surface area contributed by atoms with Gasteiger partial charge in [-0.2, -0.15) is 10.2 Å². The first-order valence-electron chi connectivity index (χ1n) is 13.7. The lowest BCUT2D eigenvalue weighted by molar-refractivity contribution is 0.0183. The van der Waals surface area contributed by atoms with Crippen LogP contribution in [0.2, 0.25) is 0 Å². The summed E-state index contributed by atoms with van der Waals surface area (Å²) < 4.78 is 14.9. The Morgan fingerprint density at radius 2 is 1.78 bits per heavy atom. The molecule has 1 aliphatic rings. The van der Waals surface area contributed by atoms with Crippen molar-refractivity contribution in [3.05, 3.63) is 83.0 Å². The number of aromatic nitrogens is 5. The van der Waals surface area contributed by atoms with Gasteiger partial charge in [-0.05, 0) is 64.8 Å². The predicted octanol–water partition coefficient (Wildman–Crippen LogP) is 5.78. The second-order valence-corrected chi connectivity index (χ2v) is 11.4. The Hall–Kier alpha value is -4.73. The summed E-state index contributed by atoms with van der Waals surface area (Å²) in [4.78, 5) is 32.2. The zero-order chi connectivity index (χ0) is 28.7. The van der Waals surface area contributed by atoms with Crippen LogP contribution in [-0.4, -0.2) is 54.1 Å². The molecule has 1 fully saturated rings. The van der Waals surface area contributed by atoms with Crippen LogP contribution in [0.15, 0.2) is 71.8 Å². The van der Waals surface area contributed by atoms with Crippen molar-refractivity contribution in [2.45, 2.75) is 52.2 Å². The summed E-state index contributed by atoms with van der Waals surface area (Å²) in [6, 6.07) is 17.0. The molecule has 4 heterocycles. The van der Waals surface area contributed by atoms with Crippen molar-refractivity contribution in [2.75, 3.05) is 13.1 Å². The fraction of sp³-hybridized carbons (Fsp3) is 0.323. The Balaban J connectivity index is 1.27. The van der Waals surface area contributed by atoms with Crippen molar-refractivity contribution in [3.8, 4) is 22.8 Å². The van der Waals surface area contributed by atoms with E-state index in [1.165, 1.54) is 0 Å². The van der Waals surface area contributed by atoms with Gasteiger partial charge in [0, 0.05) is 30.1 Å². The maximum atomic E-state index is 13.5. The Bertz CT molecular complexity index is 1800. The van der Waals surface area contributed by atoms with Gasteiger partial charge in [0.1, 0.15) is 11.4 Å². The minimum absolute atomic E-state index is 0.0866. The number of amides is 1. The summed E-state index contributed by atoms with van der Waals surface area (Å²) >= 11 is 0. The maximum Gasteiger partial charge on any atom is 0.410 e. The van der Waals surface area contributed by atoms with Crippen LogP contribution in [0.5, 0.6) is 11.5 Å². The van der Waals surface area contributed by atoms with E-state index in [9.17, 15) is 9.59 Å². The van der Waals surface area contributed by atoms with Crippen LogP contribution in [0.3, 0.4) is 0 Å². The molecule has 0 atom stereocenters. The van der Waals surface area contributed by atoms with Gasteiger partial charge in [0.2, 0.25) is 0 Å². The normalized spacial score (nSPS) is 14.5. The predicted molar refractivity (Wildman–Crippen MR) is 155 cm³/mol. The monoisotopic (exact) mass is 552 g/mol. The number of nitrogens with zero attached hydrogens (tertiary/aromatic N) is 6. The molecule has 6 rings (SSSR count). The first kappa shape index (κ1) is 26.5. The minimum Gasteiger partial charge on any atom is -0.453 e. The average molecular weight is 553 g/mol. The van der Waals surface area contributed by atoms with Gasteiger partial charge >= 0.3 is 6.09 Å². The Kier molecular flexibility index (Phi) is 6.69. The second kappa shape index (κ2) is 10.3. The van der Waals surface area contributed by atoms with E-state index in [0.717, 1.165) is 16.6 Å². The van der Waals surface area contributed by atoms with E-state index in [1.807, 2.05) is 88.5 Å². The average Bonchev–Trinajstić information content (AvgIpc) is 3.33. The van der Waals surface area contributed by atoms with E-state index in [1.54, 1.807) is 20.3 Å². The van der Waals surface area contributed by atoms with Gasteiger partial charge < -0.3 is 14.4 Å². The molecule has 0 radical (unpaired) electrons. The highest BCUT2D eigenvalue weighted by atomic mass is 16.6. The Morgan fingerprint density at radius 1 is 1.02 bits per heavy atom. The zero-order valence-electron chi connectivity index (χ0n) is 23.6. The molecule has 0 aliphatic carbocycles. The summed E-state index contributed by atoms with van der Waals surface area (Å²) in [5, 5.41) is 10.6. The summed E-state index contributed by atoms with van der Waals surface area (Å²) in [7, 11) is 0. The van der Waals surface area contributed by atoms with Gasteiger partial charge in [-0.3, -0.25) is 4.79 Å². The first-order chi connectivity index (χ1) is 19.6. The fourth-order valence-corrected chi connectivity index (χ4v) is 5.10. The van der Waals surface area contributed by atoms with E-state index in [0.29, 0.717) is 54.2 Å². The number of para-hydroxylation sites is 1. The third-order valence-electron chi connectivity index (χ3n) is 7.05. The third-order valence-corrected chi connectivity index (χ3v) is 7.05. The van der Waals surface area contributed by atoms with Crippen molar-refractivity contribution in [3.63, 3.8) is 0 Å². The number of fused-ring (bicyclic) bond motifs is 2. The first-order valence-corrected chi connectivity index (χ1v) is 13.7. The molecule has 210 valence electrons. The number of imidazole rings is 1. The minimum atomic E-state index is -0.543. The molecule has 10 heteroatoms. The lowest BCUT2D eigenvalue weighted by atomic mass is 10.0.